The van der Waals surface area contributed by atoms with E-state index in [9.17, 15) is 0 Å². The Morgan fingerprint density at radius 2 is 2.00 bits per heavy atom. The molecule has 2 aromatic heterocycles. The van der Waals surface area contributed by atoms with Crippen molar-refractivity contribution in [3.05, 3.63) is 84.1 Å². The van der Waals surface area contributed by atoms with E-state index in [1.54, 1.807) is 0 Å². The summed E-state index contributed by atoms with van der Waals surface area (Å²) in [6.07, 6.45) is 3.81. The lowest BCUT2D eigenvalue weighted by molar-refractivity contribution is 0.336. The van der Waals surface area contributed by atoms with Crippen LogP contribution in [0.4, 0.5) is 0 Å². The van der Waals surface area contributed by atoms with Gasteiger partial charge in [-0.2, -0.15) is 0 Å². The highest BCUT2D eigenvalue weighted by Gasteiger charge is 2.16. The summed E-state index contributed by atoms with van der Waals surface area (Å²) in [6, 6.07) is 18.3. The Bertz CT molecular complexity index is 1200. The zero-order valence-corrected chi connectivity index (χ0v) is 19.4. The number of para-hydroxylation sites is 1. The van der Waals surface area contributed by atoms with Gasteiger partial charge in [-0.1, -0.05) is 42.5 Å². The molecule has 2 heterocycles. The van der Waals surface area contributed by atoms with Crippen molar-refractivity contribution < 1.29 is 9.15 Å². The first-order valence-corrected chi connectivity index (χ1v) is 11.4. The normalized spacial score (nSPS) is 12.6. The quantitative estimate of drug-likeness (QED) is 0.283. The zero-order valence-electron chi connectivity index (χ0n) is 19.4. The van der Waals surface area contributed by atoms with Gasteiger partial charge < -0.3 is 24.4 Å². The maximum absolute atomic E-state index is 6.14. The highest BCUT2D eigenvalue weighted by atomic mass is 16.5. The van der Waals surface area contributed by atoms with E-state index >= 15 is 0 Å². The largest absolute Gasteiger partial charge is 0.490 e. The molecule has 0 spiro atoms. The van der Waals surface area contributed by atoms with E-state index in [-0.39, 0.29) is 6.04 Å². The predicted octanol–water partition coefficient (Wildman–Crippen LogP) is 4.89. The number of ether oxygens (including phenoxy) is 1. The Labute approximate surface area is 194 Å². The van der Waals surface area contributed by atoms with E-state index in [0.717, 1.165) is 41.4 Å². The molecule has 33 heavy (non-hydrogen) atoms. The number of fused-ring (bicyclic) bond motifs is 1. The van der Waals surface area contributed by atoms with Crippen molar-refractivity contribution in [3.8, 4) is 5.75 Å². The third kappa shape index (κ3) is 5.55. The van der Waals surface area contributed by atoms with E-state index in [4.69, 9.17) is 14.1 Å². The Morgan fingerprint density at radius 1 is 1.15 bits per heavy atom. The molecule has 0 amide bonds. The van der Waals surface area contributed by atoms with Crippen LogP contribution in [-0.2, 0) is 13.1 Å². The summed E-state index contributed by atoms with van der Waals surface area (Å²) in [5, 5.41) is 7.78. The molecule has 0 saturated heterocycles. The highest BCUT2D eigenvalue weighted by Crippen LogP contribution is 2.31. The lowest BCUT2D eigenvalue weighted by Crippen LogP contribution is -2.38. The van der Waals surface area contributed by atoms with Crippen LogP contribution in [0.5, 0.6) is 5.75 Å². The van der Waals surface area contributed by atoms with Crippen molar-refractivity contribution in [3.63, 3.8) is 0 Å². The molecule has 4 aromatic rings. The van der Waals surface area contributed by atoms with Crippen molar-refractivity contribution in [2.45, 2.75) is 39.9 Å². The first-order chi connectivity index (χ1) is 16.2. The maximum Gasteiger partial charge on any atom is 0.192 e. The second-order valence-electron chi connectivity index (χ2n) is 7.77. The SMILES string of the molecule is CCNC(=NCc1nccn1Cc1ccccc1)NC(C)c1cc2cccc(OCC)c2o1. The number of nitrogens with one attached hydrogen (secondary N) is 2. The minimum atomic E-state index is -0.0752. The zero-order chi connectivity index (χ0) is 23.0. The van der Waals surface area contributed by atoms with Gasteiger partial charge in [-0.3, -0.25) is 0 Å². The van der Waals surface area contributed by atoms with Crippen LogP contribution in [-0.4, -0.2) is 28.7 Å². The number of hydrogen-bond donors (Lipinski definition) is 2. The number of benzene rings is 2. The molecule has 2 aromatic carbocycles. The number of imidazole rings is 1. The van der Waals surface area contributed by atoms with Crippen LogP contribution in [0, 0.1) is 0 Å². The molecule has 1 unspecified atom stereocenters. The fourth-order valence-electron chi connectivity index (χ4n) is 3.70. The molecule has 0 fully saturated rings. The summed E-state index contributed by atoms with van der Waals surface area (Å²) in [5.74, 6) is 3.21. The second-order valence-corrected chi connectivity index (χ2v) is 7.77. The van der Waals surface area contributed by atoms with Crippen LogP contribution in [0.1, 0.15) is 44.0 Å². The van der Waals surface area contributed by atoms with Crippen LogP contribution >= 0.6 is 0 Å². The van der Waals surface area contributed by atoms with Gasteiger partial charge in [-0.15, -0.1) is 0 Å². The van der Waals surface area contributed by atoms with Gasteiger partial charge in [0.05, 0.1) is 12.6 Å². The molecular formula is C26H31N5O2. The third-order valence-electron chi connectivity index (χ3n) is 5.33. The monoisotopic (exact) mass is 445 g/mol. The highest BCUT2D eigenvalue weighted by molar-refractivity contribution is 5.84. The first-order valence-electron chi connectivity index (χ1n) is 11.4. The van der Waals surface area contributed by atoms with Crippen LogP contribution in [0.2, 0.25) is 0 Å². The van der Waals surface area contributed by atoms with Gasteiger partial charge in [0.2, 0.25) is 0 Å². The average Bonchev–Trinajstić information content (AvgIpc) is 3.46. The van der Waals surface area contributed by atoms with Gasteiger partial charge >= 0.3 is 0 Å². The van der Waals surface area contributed by atoms with Gasteiger partial charge in [0, 0.05) is 30.9 Å². The Hall–Kier alpha value is -3.74. The number of guanidine groups is 1. The number of nitrogens with zero attached hydrogens (tertiary/aromatic N) is 3. The van der Waals surface area contributed by atoms with Crippen LogP contribution in [0.15, 0.2) is 76.4 Å². The molecule has 4 rings (SSSR count). The Kier molecular flexibility index (Phi) is 7.29. The van der Waals surface area contributed by atoms with Crippen LogP contribution < -0.4 is 15.4 Å². The molecule has 0 aliphatic heterocycles. The van der Waals surface area contributed by atoms with Crippen LogP contribution in [0.25, 0.3) is 11.0 Å². The fourth-order valence-corrected chi connectivity index (χ4v) is 3.70. The standard InChI is InChI=1S/C26H31N5O2/c1-4-27-26(29-17-24-28-14-15-31(24)18-20-10-7-6-8-11-20)30-19(3)23-16-21-12-9-13-22(32-5-2)25(21)33-23/h6-16,19H,4-5,17-18H2,1-3H3,(H2,27,29,30). The van der Waals surface area contributed by atoms with E-state index in [2.05, 4.69) is 39.2 Å². The van der Waals surface area contributed by atoms with Crippen molar-refractivity contribution >= 4 is 16.9 Å². The second kappa shape index (κ2) is 10.7. The maximum atomic E-state index is 6.14. The molecule has 0 aliphatic carbocycles. The summed E-state index contributed by atoms with van der Waals surface area (Å²) in [4.78, 5) is 9.27. The number of hydrogen-bond acceptors (Lipinski definition) is 4. The van der Waals surface area contributed by atoms with Gasteiger partial charge in [0.1, 0.15) is 18.1 Å². The lowest BCUT2D eigenvalue weighted by atomic mass is 10.2. The van der Waals surface area contributed by atoms with Crippen LogP contribution in [0.3, 0.4) is 0 Å². The Balaban J connectivity index is 1.47. The molecule has 0 radical (unpaired) electrons. The molecule has 2 N–H and O–H groups in total. The topological polar surface area (TPSA) is 76.6 Å². The van der Waals surface area contributed by atoms with E-state index < -0.39 is 0 Å². The smallest absolute Gasteiger partial charge is 0.192 e. The van der Waals surface area contributed by atoms with Crippen molar-refractivity contribution in [2.24, 2.45) is 4.99 Å². The first kappa shape index (κ1) is 22.5. The minimum absolute atomic E-state index is 0.0752. The van der Waals surface area contributed by atoms with E-state index in [0.29, 0.717) is 19.1 Å². The molecule has 172 valence electrons. The summed E-state index contributed by atoms with van der Waals surface area (Å²) in [7, 11) is 0. The molecule has 0 aliphatic rings. The van der Waals surface area contributed by atoms with Gasteiger partial charge in [-0.25, -0.2) is 9.98 Å². The van der Waals surface area contributed by atoms with E-state index in [1.165, 1.54) is 5.56 Å². The number of rotatable bonds is 9. The number of furan rings is 1. The molecular weight excluding hydrogens is 414 g/mol. The summed E-state index contributed by atoms with van der Waals surface area (Å²) in [6.45, 7) is 8.67. The van der Waals surface area contributed by atoms with Gasteiger partial charge in [-0.05, 0) is 38.5 Å². The number of aliphatic imine (C=N–C) groups is 1. The molecule has 0 saturated carbocycles. The Morgan fingerprint density at radius 3 is 2.79 bits per heavy atom. The fraction of sp³-hybridized carbons (Fsp3) is 0.308. The summed E-state index contributed by atoms with van der Waals surface area (Å²) < 4.78 is 14.0. The van der Waals surface area contributed by atoms with E-state index in [1.807, 2.05) is 68.7 Å². The van der Waals surface area contributed by atoms with Gasteiger partial charge in [0.25, 0.3) is 0 Å². The summed E-state index contributed by atoms with van der Waals surface area (Å²) >= 11 is 0. The van der Waals surface area contributed by atoms with Crippen molar-refractivity contribution in [2.75, 3.05) is 13.2 Å². The molecule has 1 atom stereocenters. The summed E-state index contributed by atoms with van der Waals surface area (Å²) in [5.41, 5.74) is 2.00. The average molecular weight is 446 g/mol. The molecule has 0 bridgehead atoms. The third-order valence-corrected chi connectivity index (χ3v) is 5.33. The van der Waals surface area contributed by atoms with Crippen molar-refractivity contribution in [1.82, 2.24) is 20.2 Å². The lowest BCUT2D eigenvalue weighted by Gasteiger charge is -2.16. The van der Waals surface area contributed by atoms with Crippen molar-refractivity contribution in [1.29, 1.82) is 0 Å². The van der Waals surface area contributed by atoms with Gasteiger partial charge in [0.15, 0.2) is 17.3 Å². The molecule has 7 nitrogen and oxygen atoms in total. The predicted molar refractivity (Wildman–Crippen MR) is 132 cm³/mol. The molecule has 7 heteroatoms. The minimum Gasteiger partial charge on any atom is -0.490 e. The number of aromatic nitrogens is 2.